The first-order valence-corrected chi connectivity index (χ1v) is 7.30. The maximum absolute atomic E-state index is 11.9. The normalized spacial score (nSPS) is 23.1. The lowest BCUT2D eigenvalue weighted by atomic mass is 9.99. The number of aryl methyl sites for hydroxylation is 1. The van der Waals surface area contributed by atoms with Gasteiger partial charge in [0.1, 0.15) is 0 Å². The topological polar surface area (TPSA) is 41.1 Å². The molecular formula is C15H21ClN2O. The van der Waals surface area contributed by atoms with Crippen molar-refractivity contribution >= 4 is 17.5 Å². The number of halogens is 1. The van der Waals surface area contributed by atoms with Crippen molar-refractivity contribution in [1.29, 1.82) is 0 Å². The smallest absolute Gasteiger partial charge is 0.220 e. The van der Waals surface area contributed by atoms with Crippen molar-refractivity contribution in [1.82, 2.24) is 10.6 Å². The first kappa shape index (κ1) is 14.4. The van der Waals surface area contributed by atoms with Crippen LogP contribution < -0.4 is 10.6 Å². The summed E-state index contributed by atoms with van der Waals surface area (Å²) in [7, 11) is 0. The van der Waals surface area contributed by atoms with Gasteiger partial charge in [-0.25, -0.2) is 0 Å². The standard InChI is InChI=1S/C15H21ClN2O/c1-11-14(3-2-10-17-11)18-15(19)9-6-12-4-7-13(16)8-5-12/h4-5,7-8,11,14,17H,2-3,6,9-10H2,1H3,(H,18,19). The van der Waals surface area contributed by atoms with Crippen molar-refractivity contribution in [3.8, 4) is 0 Å². The van der Waals surface area contributed by atoms with E-state index in [9.17, 15) is 4.79 Å². The molecule has 2 unspecified atom stereocenters. The molecule has 0 radical (unpaired) electrons. The van der Waals surface area contributed by atoms with Crippen LogP contribution in [0, 0.1) is 0 Å². The van der Waals surface area contributed by atoms with Crippen LogP contribution in [-0.4, -0.2) is 24.5 Å². The molecule has 1 aromatic carbocycles. The predicted molar refractivity (Wildman–Crippen MR) is 78.4 cm³/mol. The van der Waals surface area contributed by atoms with Gasteiger partial charge < -0.3 is 10.6 Å². The van der Waals surface area contributed by atoms with E-state index in [-0.39, 0.29) is 11.9 Å². The molecule has 3 nitrogen and oxygen atoms in total. The maximum Gasteiger partial charge on any atom is 0.220 e. The molecule has 4 heteroatoms. The number of carbonyl (C=O) groups is 1. The van der Waals surface area contributed by atoms with E-state index in [0.717, 1.165) is 36.4 Å². The molecule has 104 valence electrons. The summed E-state index contributed by atoms with van der Waals surface area (Å²) >= 11 is 5.83. The maximum atomic E-state index is 11.9. The molecule has 0 bridgehead atoms. The van der Waals surface area contributed by atoms with Crippen LogP contribution in [0.4, 0.5) is 0 Å². The Balaban J connectivity index is 1.76. The molecule has 1 aromatic rings. The van der Waals surface area contributed by atoms with Gasteiger partial charge in [-0.2, -0.15) is 0 Å². The molecule has 1 aliphatic rings. The highest BCUT2D eigenvalue weighted by Crippen LogP contribution is 2.12. The summed E-state index contributed by atoms with van der Waals surface area (Å²) in [4.78, 5) is 11.9. The lowest BCUT2D eigenvalue weighted by molar-refractivity contribution is -0.122. The summed E-state index contributed by atoms with van der Waals surface area (Å²) in [6.07, 6.45) is 3.50. The largest absolute Gasteiger partial charge is 0.352 e. The lowest BCUT2D eigenvalue weighted by Gasteiger charge is -2.30. The molecule has 2 rings (SSSR count). The van der Waals surface area contributed by atoms with Crippen LogP contribution in [0.2, 0.25) is 5.02 Å². The van der Waals surface area contributed by atoms with Crippen LogP contribution in [0.25, 0.3) is 0 Å². The number of rotatable bonds is 4. The minimum Gasteiger partial charge on any atom is -0.352 e. The van der Waals surface area contributed by atoms with Gasteiger partial charge in [-0.15, -0.1) is 0 Å². The summed E-state index contributed by atoms with van der Waals surface area (Å²) in [5.41, 5.74) is 1.15. The zero-order chi connectivity index (χ0) is 13.7. The van der Waals surface area contributed by atoms with Crippen LogP contribution >= 0.6 is 11.6 Å². The summed E-state index contributed by atoms with van der Waals surface area (Å²) in [6, 6.07) is 8.31. The van der Waals surface area contributed by atoms with E-state index in [1.54, 1.807) is 0 Å². The Labute approximate surface area is 119 Å². The average molecular weight is 281 g/mol. The number of nitrogens with one attached hydrogen (secondary N) is 2. The van der Waals surface area contributed by atoms with Crippen LogP contribution in [0.3, 0.4) is 0 Å². The van der Waals surface area contributed by atoms with Gasteiger partial charge in [0.05, 0.1) is 0 Å². The number of amides is 1. The van der Waals surface area contributed by atoms with Crippen LogP contribution in [-0.2, 0) is 11.2 Å². The highest BCUT2D eigenvalue weighted by Gasteiger charge is 2.21. The molecule has 1 saturated heterocycles. The zero-order valence-corrected chi connectivity index (χ0v) is 12.0. The van der Waals surface area contributed by atoms with E-state index in [1.807, 2.05) is 24.3 Å². The van der Waals surface area contributed by atoms with Gasteiger partial charge in [-0.3, -0.25) is 4.79 Å². The fourth-order valence-electron chi connectivity index (χ4n) is 2.43. The highest BCUT2D eigenvalue weighted by atomic mass is 35.5. The van der Waals surface area contributed by atoms with Gasteiger partial charge in [-0.05, 0) is 50.4 Å². The molecule has 2 N–H and O–H groups in total. The first-order valence-electron chi connectivity index (χ1n) is 6.92. The van der Waals surface area contributed by atoms with Gasteiger partial charge in [0.15, 0.2) is 0 Å². The third-order valence-electron chi connectivity index (χ3n) is 3.66. The van der Waals surface area contributed by atoms with Crippen molar-refractivity contribution in [3.05, 3.63) is 34.9 Å². The van der Waals surface area contributed by atoms with E-state index < -0.39 is 0 Å². The third-order valence-corrected chi connectivity index (χ3v) is 3.91. The summed E-state index contributed by atoms with van der Waals surface area (Å²) < 4.78 is 0. The second kappa shape index (κ2) is 6.92. The second-order valence-corrected chi connectivity index (χ2v) is 5.62. The number of hydrogen-bond acceptors (Lipinski definition) is 2. The van der Waals surface area contributed by atoms with E-state index in [4.69, 9.17) is 11.6 Å². The number of hydrogen-bond donors (Lipinski definition) is 2. The first-order chi connectivity index (χ1) is 9.15. The molecular weight excluding hydrogens is 260 g/mol. The van der Waals surface area contributed by atoms with E-state index in [2.05, 4.69) is 17.6 Å². The number of piperidine rings is 1. The highest BCUT2D eigenvalue weighted by molar-refractivity contribution is 6.30. The van der Waals surface area contributed by atoms with E-state index >= 15 is 0 Å². The molecule has 0 saturated carbocycles. The van der Waals surface area contributed by atoms with Gasteiger partial charge in [0.2, 0.25) is 5.91 Å². The molecule has 0 aromatic heterocycles. The van der Waals surface area contributed by atoms with Crippen molar-refractivity contribution in [2.24, 2.45) is 0 Å². The van der Waals surface area contributed by atoms with Crippen molar-refractivity contribution < 1.29 is 4.79 Å². The fraction of sp³-hybridized carbons (Fsp3) is 0.533. The summed E-state index contributed by atoms with van der Waals surface area (Å²) in [5, 5.41) is 7.24. The van der Waals surface area contributed by atoms with Crippen molar-refractivity contribution in [2.45, 2.75) is 44.7 Å². The minimum absolute atomic E-state index is 0.135. The minimum atomic E-state index is 0.135. The molecule has 2 atom stereocenters. The van der Waals surface area contributed by atoms with E-state index in [1.165, 1.54) is 0 Å². The average Bonchev–Trinajstić information content (AvgIpc) is 2.41. The Morgan fingerprint density at radius 3 is 2.84 bits per heavy atom. The van der Waals surface area contributed by atoms with Crippen molar-refractivity contribution in [2.75, 3.05) is 6.54 Å². The second-order valence-electron chi connectivity index (χ2n) is 5.19. The Bertz CT molecular complexity index is 419. The summed E-state index contributed by atoms with van der Waals surface area (Å²) in [5.74, 6) is 0.135. The lowest BCUT2D eigenvalue weighted by Crippen LogP contribution is -2.51. The summed E-state index contributed by atoms with van der Waals surface area (Å²) in [6.45, 7) is 3.18. The SMILES string of the molecule is CC1NCCCC1NC(=O)CCc1ccc(Cl)cc1. The molecule has 1 aliphatic heterocycles. The number of benzene rings is 1. The monoisotopic (exact) mass is 280 g/mol. The Kier molecular flexibility index (Phi) is 5.23. The molecule has 19 heavy (non-hydrogen) atoms. The Hall–Kier alpha value is -1.06. The van der Waals surface area contributed by atoms with Crippen LogP contribution in [0.15, 0.2) is 24.3 Å². The Morgan fingerprint density at radius 1 is 1.42 bits per heavy atom. The fourth-order valence-corrected chi connectivity index (χ4v) is 2.56. The molecule has 0 aliphatic carbocycles. The zero-order valence-electron chi connectivity index (χ0n) is 11.3. The predicted octanol–water partition coefficient (Wildman–Crippen LogP) is 2.53. The van der Waals surface area contributed by atoms with Gasteiger partial charge >= 0.3 is 0 Å². The van der Waals surface area contributed by atoms with Gasteiger partial charge in [0.25, 0.3) is 0 Å². The van der Waals surface area contributed by atoms with Gasteiger partial charge in [-0.1, -0.05) is 23.7 Å². The van der Waals surface area contributed by atoms with Crippen molar-refractivity contribution in [3.63, 3.8) is 0 Å². The van der Waals surface area contributed by atoms with E-state index in [0.29, 0.717) is 12.5 Å². The quantitative estimate of drug-likeness (QED) is 0.890. The number of carbonyl (C=O) groups excluding carboxylic acids is 1. The Morgan fingerprint density at radius 2 is 2.16 bits per heavy atom. The van der Waals surface area contributed by atoms with Crippen LogP contribution in [0.1, 0.15) is 31.7 Å². The molecule has 1 amide bonds. The van der Waals surface area contributed by atoms with Gasteiger partial charge in [0, 0.05) is 23.5 Å². The van der Waals surface area contributed by atoms with Crippen LogP contribution in [0.5, 0.6) is 0 Å². The molecule has 1 heterocycles. The third kappa shape index (κ3) is 4.51. The molecule has 1 fully saturated rings. The molecule has 0 spiro atoms.